The molecule has 2 saturated heterocycles. The lowest BCUT2D eigenvalue weighted by Gasteiger charge is -2.29. The number of aliphatic hydroxyl groups excluding tert-OH is 1. The number of aromatic nitrogens is 1. The second-order valence-electron chi connectivity index (χ2n) is 5.51. The van der Waals surface area contributed by atoms with Gasteiger partial charge in [0, 0.05) is 31.8 Å². The van der Waals surface area contributed by atoms with Crippen LogP contribution < -0.4 is 4.74 Å². The average Bonchev–Trinajstić information content (AvgIpc) is 3.01. The molecule has 0 aliphatic carbocycles. The van der Waals surface area contributed by atoms with Crippen molar-refractivity contribution in [2.24, 2.45) is 0 Å². The zero-order chi connectivity index (χ0) is 14.7. The summed E-state index contributed by atoms with van der Waals surface area (Å²) >= 11 is 0. The summed E-state index contributed by atoms with van der Waals surface area (Å²) in [7, 11) is 0. The fourth-order valence-corrected chi connectivity index (χ4v) is 2.60. The summed E-state index contributed by atoms with van der Waals surface area (Å²) in [6.45, 7) is 2.51. The van der Waals surface area contributed by atoms with Gasteiger partial charge >= 0.3 is 0 Å². The van der Waals surface area contributed by atoms with Gasteiger partial charge in [0.1, 0.15) is 6.10 Å². The smallest absolute Gasteiger partial charge is 0.255 e. The van der Waals surface area contributed by atoms with Gasteiger partial charge in [-0.25, -0.2) is 4.98 Å². The number of aliphatic hydroxyl groups is 1. The Hall–Kier alpha value is -1.66. The van der Waals surface area contributed by atoms with Gasteiger partial charge in [0.2, 0.25) is 5.88 Å². The summed E-state index contributed by atoms with van der Waals surface area (Å²) in [5.74, 6) is 0.487. The van der Waals surface area contributed by atoms with Crippen molar-refractivity contribution in [1.82, 2.24) is 9.88 Å². The van der Waals surface area contributed by atoms with Crippen molar-refractivity contribution >= 4 is 5.91 Å². The van der Waals surface area contributed by atoms with Gasteiger partial charge in [0.15, 0.2) is 0 Å². The molecule has 0 spiro atoms. The highest BCUT2D eigenvalue weighted by atomic mass is 16.5. The van der Waals surface area contributed by atoms with E-state index in [-0.39, 0.29) is 18.1 Å². The lowest BCUT2D eigenvalue weighted by Crippen LogP contribution is -2.40. The van der Waals surface area contributed by atoms with E-state index in [0.29, 0.717) is 44.0 Å². The molecule has 1 unspecified atom stereocenters. The van der Waals surface area contributed by atoms with Crippen LogP contribution in [0.2, 0.25) is 0 Å². The molecule has 114 valence electrons. The Labute approximate surface area is 123 Å². The van der Waals surface area contributed by atoms with E-state index in [1.54, 1.807) is 23.2 Å². The summed E-state index contributed by atoms with van der Waals surface area (Å²) < 4.78 is 10.9. The monoisotopic (exact) mass is 292 g/mol. The second kappa shape index (κ2) is 6.41. The van der Waals surface area contributed by atoms with Crippen molar-refractivity contribution in [1.29, 1.82) is 0 Å². The first-order valence-corrected chi connectivity index (χ1v) is 7.40. The van der Waals surface area contributed by atoms with Gasteiger partial charge in [-0.15, -0.1) is 0 Å². The van der Waals surface area contributed by atoms with E-state index in [2.05, 4.69) is 4.98 Å². The molecule has 2 fully saturated rings. The number of piperidine rings is 1. The molecule has 1 N–H and O–H groups in total. The third-order valence-electron chi connectivity index (χ3n) is 3.91. The number of carbonyl (C=O) groups excluding carboxylic acids is 1. The summed E-state index contributed by atoms with van der Waals surface area (Å²) in [4.78, 5) is 18.3. The number of hydrogen-bond donors (Lipinski definition) is 1. The highest BCUT2D eigenvalue weighted by Crippen LogP contribution is 2.17. The number of carbonyl (C=O) groups is 1. The van der Waals surface area contributed by atoms with Crippen LogP contribution in [0.4, 0.5) is 0 Å². The molecule has 21 heavy (non-hydrogen) atoms. The van der Waals surface area contributed by atoms with E-state index in [1.165, 1.54) is 0 Å². The molecule has 2 aliphatic heterocycles. The SMILES string of the molecule is O=C(c1ccc(OC2CCOC2)nc1)N1CCC(O)CC1. The van der Waals surface area contributed by atoms with Gasteiger partial charge < -0.3 is 19.5 Å². The van der Waals surface area contributed by atoms with Crippen LogP contribution in [-0.2, 0) is 4.74 Å². The Morgan fingerprint density at radius 1 is 1.33 bits per heavy atom. The van der Waals surface area contributed by atoms with Crippen LogP contribution in [-0.4, -0.2) is 59.4 Å². The normalized spacial score (nSPS) is 23.3. The first-order chi connectivity index (χ1) is 10.2. The van der Waals surface area contributed by atoms with Crippen LogP contribution in [0.15, 0.2) is 18.3 Å². The second-order valence-corrected chi connectivity index (χ2v) is 5.51. The maximum Gasteiger partial charge on any atom is 0.255 e. The predicted molar refractivity (Wildman–Crippen MR) is 75.2 cm³/mol. The minimum atomic E-state index is -0.281. The molecule has 0 bridgehead atoms. The van der Waals surface area contributed by atoms with Crippen molar-refractivity contribution < 1.29 is 19.4 Å². The molecule has 1 aromatic rings. The molecular formula is C15H20N2O4. The first kappa shape index (κ1) is 14.3. The molecule has 6 heteroatoms. The van der Waals surface area contributed by atoms with Gasteiger partial charge in [0.25, 0.3) is 5.91 Å². The van der Waals surface area contributed by atoms with Crippen LogP contribution in [0, 0.1) is 0 Å². The van der Waals surface area contributed by atoms with E-state index in [9.17, 15) is 9.90 Å². The summed E-state index contributed by atoms with van der Waals surface area (Å²) in [6.07, 6.45) is 3.49. The minimum absolute atomic E-state index is 0.0369. The minimum Gasteiger partial charge on any atom is -0.472 e. The lowest BCUT2D eigenvalue weighted by molar-refractivity contribution is 0.0546. The van der Waals surface area contributed by atoms with Crippen LogP contribution >= 0.6 is 0 Å². The summed E-state index contributed by atoms with van der Waals surface area (Å²) in [5.41, 5.74) is 0.557. The third kappa shape index (κ3) is 3.51. The number of hydrogen-bond acceptors (Lipinski definition) is 5. The molecule has 1 atom stereocenters. The Morgan fingerprint density at radius 2 is 2.14 bits per heavy atom. The van der Waals surface area contributed by atoms with Gasteiger partial charge in [-0.2, -0.15) is 0 Å². The lowest BCUT2D eigenvalue weighted by atomic mass is 10.1. The maximum absolute atomic E-state index is 12.3. The Kier molecular flexibility index (Phi) is 4.36. The topological polar surface area (TPSA) is 71.9 Å². The van der Waals surface area contributed by atoms with Crippen molar-refractivity contribution in [3.05, 3.63) is 23.9 Å². The molecule has 0 saturated carbocycles. The van der Waals surface area contributed by atoms with Crippen LogP contribution in [0.1, 0.15) is 29.6 Å². The molecule has 0 aromatic carbocycles. The molecular weight excluding hydrogens is 272 g/mol. The van der Waals surface area contributed by atoms with Gasteiger partial charge in [0.05, 0.1) is 24.9 Å². The highest BCUT2D eigenvalue weighted by Gasteiger charge is 2.23. The van der Waals surface area contributed by atoms with Crippen LogP contribution in [0.25, 0.3) is 0 Å². The fourth-order valence-electron chi connectivity index (χ4n) is 2.60. The summed E-state index contributed by atoms with van der Waals surface area (Å²) in [5, 5.41) is 9.47. The zero-order valence-electron chi connectivity index (χ0n) is 11.9. The predicted octanol–water partition coefficient (Wildman–Crippen LogP) is 0.846. The highest BCUT2D eigenvalue weighted by molar-refractivity contribution is 5.94. The number of pyridine rings is 1. The average molecular weight is 292 g/mol. The van der Waals surface area contributed by atoms with Crippen LogP contribution in [0.5, 0.6) is 5.88 Å². The largest absolute Gasteiger partial charge is 0.472 e. The van der Waals surface area contributed by atoms with Gasteiger partial charge in [-0.05, 0) is 18.9 Å². The molecule has 1 amide bonds. The third-order valence-corrected chi connectivity index (χ3v) is 3.91. The number of likely N-dealkylation sites (tertiary alicyclic amines) is 1. The van der Waals surface area contributed by atoms with E-state index in [4.69, 9.17) is 9.47 Å². The van der Waals surface area contributed by atoms with Gasteiger partial charge in [-0.3, -0.25) is 4.79 Å². The van der Waals surface area contributed by atoms with E-state index in [1.807, 2.05) is 0 Å². The summed E-state index contributed by atoms with van der Waals surface area (Å²) in [6, 6.07) is 3.47. The number of rotatable bonds is 3. The van der Waals surface area contributed by atoms with Crippen molar-refractivity contribution in [2.75, 3.05) is 26.3 Å². The van der Waals surface area contributed by atoms with E-state index < -0.39 is 0 Å². The molecule has 6 nitrogen and oxygen atoms in total. The molecule has 3 heterocycles. The van der Waals surface area contributed by atoms with Crippen LogP contribution in [0.3, 0.4) is 0 Å². The number of nitrogens with zero attached hydrogens (tertiary/aromatic N) is 2. The number of amides is 1. The Bertz CT molecular complexity index is 477. The van der Waals surface area contributed by atoms with E-state index >= 15 is 0 Å². The molecule has 2 aliphatic rings. The standard InChI is InChI=1S/C15H20N2O4/c18-12-3-6-17(7-4-12)15(19)11-1-2-14(16-9-11)21-13-5-8-20-10-13/h1-2,9,12-13,18H,3-8,10H2. The quantitative estimate of drug-likeness (QED) is 0.894. The van der Waals surface area contributed by atoms with Crippen molar-refractivity contribution in [3.8, 4) is 5.88 Å². The van der Waals surface area contributed by atoms with E-state index in [0.717, 1.165) is 13.0 Å². The Balaban J connectivity index is 1.59. The maximum atomic E-state index is 12.3. The zero-order valence-corrected chi connectivity index (χ0v) is 11.9. The van der Waals surface area contributed by atoms with Gasteiger partial charge in [-0.1, -0.05) is 0 Å². The number of ether oxygens (including phenoxy) is 2. The molecule has 0 radical (unpaired) electrons. The van der Waals surface area contributed by atoms with Crippen molar-refractivity contribution in [3.63, 3.8) is 0 Å². The molecule has 1 aromatic heterocycles. The fraction of sp³-hybridized carbons (Fsp3) is 0.600. The van der Waals surface area contributed by atoms with Crippen molar-refractivity contribution in [2.45, 2.75) is 31.5 Å². The Morgan fingerprint density at radius 3 is 2.76 bits per heavy atom. The molecule has 3 rings (SSSR count). The first-order valence-electron chi connectivity index (χ1n) is 7.40.